The molecule has 114 valence electrons. The quantitative estimate of drug-likeness (QED) is 0.870. The van der Waals surface area contributed by atoms with Crippen molar-refractivity contribution in [1.82, 2.24) is 14.8 Å². The van der Waals surface area contributed by atoms with Gasteiger partial charge in [0.2, 0.25) is 0 Å². The van der Waals surface area contributed by atoms with Crippen molar-refractivity contribution >= 4 is 0 Å². The van der Waals surface area contributed by atoms with E-state index >= 15 is 0 Å². The molecule has 20 heavy (non-hydrogen) atoms. The highest BCUT2D eigenvalue weighted by molar-refractivity contribution is 4.92. The van der Waals surface area contributed by atoms with Gasteiger partial charge in [-0.05, 0) is 30.6 Å². The number of nitrogens with two attached hydrogens (primary N) is 1. The average Bonchev–Trinajstić information content (AvgIpc) is 2.85. The van der Waals surface area contributed by atoms with Crippen molar-refractivity contribution < 1.29 is 0 Å². The molecule has 1 fully saturated rings. The first kappa shape index (κ1) is 15.5. The first-order valence-electron chi connectivity index (χ1n) is 8.22. The lowest BCUT2D eigenvalue weighted by Gasteiger charge is -2.31. The van der Waals surface area contributed by atoms with Crippen LogP contribution in [0.2, 0.25) is 0 Å². The van der Waals surface area contributed by atoms with E-state index in [1.54, 1.807) is 6.33 Å². The molecule has 0 aliphatic heterocycles. The summed E-state index contributed by atoms with van der Waals surface area (Å²) in [6, 6.07) is 0.239. The smallest absolute Gasteiger partial charge is 0.138 e. The zero-order valence-corrected chi connectivity index (χ0v) is 13.3. The van der Waals surface area contributed by atoms with E-state index in [1.807, 2.05) is 4.68 Å². The Balaban J connectivity index is 1.88. The van der Waals surface area contributed by atoms with E-state index in [2.05, 4.69) is 30.9 Å². The first-order valence-corrected chi connectivity index (χ1v) is 8.22. The third-order valence-corrected chi connectivity index (χ3v) is 4.73. The SMILES string of the molecule is CCC1CCC(C(N)Cc2ncnn2CC(C)C)CC1. The van der Waals surface area contributed by atoms with E-state index in [1.165, 1.54) is 32.1 Å². The Bertz CT molecular complexity index is 391. The zero-order chi connectivity index (χ0) is 14.5. The molecule has 2 N–H and O–H groups in total. The fourth-order valence-electron chi connectivity index (χ4n) is 3.35. The van der Waals surface area contributed by atoms with Gasteiger partial charge in [-0.2, -0.15) is 5.10 Å². The molecule has 0 radical (unpaired) electrons. The van der Waals surface area contributed by atoms with E-state index in [0.29, 0.717) is 11.8 Å². The maximum absolute atomic E-state index is 6.45. The van der Waals surface area contributed by atoms with E-state index in [9.17, 15) is 0 Å². The predicted molar refractivity (Wildman–Crippen MR) is 82.3 cm³/mol. The molecular weight excluding hydrogens is 248 g/mol. The van der Waals surface area contributed by atoms with E-state index in [4.69, 9.17) is 5.73 Å². The van der Waals surface area contributed by atoms with Gasteiger partial charge in [0.05, 0.1) is 0 Å². The van der Waals surface area contributed by atoms with Crippen LogP contribution in [-0.4, -0.2) is 20.8 Å². The predicted octanol–water partition coefficient (Wildman–Crippen LogP) is 3.02. The van der Waals surface area contributed by atoms with E-state index in [-0.39, 0.29) is 6.04 Å². The van der Waals surface area contributed by atoms with Gasteiger partial charge in [-0.25, -0.2) is 9.67 Å². The highest BCUT2D eigenvalue weighted by Gasteiger charge is 2.26. The van der Waals surface area contributed by atoms with Crippen LogP contribution in [0.1, 0.15) is 58.7 Å². The molecule has 1 atom stereocenters. The second kappa shape index (κ2) is 7.21. The second-order valence-electron chi connectivity index (χ2n) is 6.81. The molecule has 0 bridgehead atoms. The number of hydrogen-bond donors (Lipinski definition) is 1. The molecule has 0 spiro atoms. The third-order valence-electron chi connectivity index (χ3n) is 4.73. The Morgan fingerprint density at radius 1 is 1.30 bits per heavy atom. The van der Waals surface area contributed by atoms with Gasteiger partial charge in [-0.1, -0.05) is 40.0 Å². The minimum atomic E-state index is 0.239. The summed E-state index contributed by atoms with van der Waals surface area (Å²) in [7, 11) is 0. The largest absolute Gasteiger partial charge is 0.327 e. The van der Waals surface area contributed by atoms with Crippen molar-refractivity contribution in [1.29, 1.82) is 0 Å². The fraction of sp³-hybridized carbons (Fsp3) is 0.875. The molecule has 1 aliphatic rings. The van der Waals surface area contributed by atoms with Gasteiger partial charge in [-0.3, -0.25) is 0 Å². The summed E-state index contributed by atoms with van der Waals surface area (Å²) in [6.07, 6.45) is 9.15. The summed E-state index contributed by atoms with van der Waals surface area (Å²) in [4.78, 5) is 4.41. The molecule has 4 heteroatoms. The second-order valence-corrected chi connectivity index (χ2v) is 6.81. The van der Waals surface area contributed by atoms with Crippen LogP contribution in [0.3, 0.4) is 0 Å². The Morgan fingerprint density at radius 3 is 2.60 bits per heavy atom. The number of rotatable bonds is 6. The fourth-order valence-corrected chi connectivity index (χ4v) is 3.35. The molecular formula is C16H30N4. The molecule has 2 rings (SSSR count). The van der Waals surface area contributed by atoms with Crippen molar-refractivity contribution in [3.63, 3.8) is 0 Å². The zero-order valence-electron chi connectivity index (χ0n) is 13.3. The van der Waals surface area contributed by atoms with Crippen molar-refractivity contribution in [2.45, 2.75) is 71.9 Å². The Morgan fingerprint density at radius 2 is 2.00 bits per heavy atom. The van der Waals surface area contributed by atoms with Gasteiger partial charge in [0.1, 0.15) is 12.2 Å². The Labute approximate surface area is 123 Å². The normalized spacial score (nSPS) is 25.1. The summed E-state index contributed by atoms with van der Waals surface area (Å²) in [5, 5.41) is 4.33. The molecule has 1 saturated carbocycles. The molecule has 1 aromatic heterocycles. The molecule has 1 aromatic rings. The van der Waals surface area contributed by atoms with Crippen LogP contribution in [0.4, 0.5) is 0 Å². The van der Waals surface area contributed by atoms with Crippen molar-refractivity contribution in [2.75, 3.05) is 0 Å². The van der Waals surface area contributed by atoms with Gasteiger partial charge < -0.3 is 5.73 Å². The lowest BCUT2D eigenvalue weighted by molar-refractivity contribution is 0.235. The lowest BCUT2D eigenvalue weighted by Crippen LogP contribution is -2.35. The summed E-state index contributed by atoms with van der Waals surface area (Å²) < 4.78 is 2.03. The molecule has 0 aromatic carbocycles. The van der Waals surface area contributed by atoms with E-state index in [0.717, 1.165) is 24.7 Å². The summed E-state index contributed by atoms with van der Waals surface area (Å²) >= 11 is 0. The molecule has 1 heterocycles. The molecule has 1 aliphatic carbocycles. The van der Waals surface area contributed by atoms with Gasteiger partial charge in [0.25, 0.3) is 0 Å². The average molecular weight is 278 g/mol. The molecule has 4 nitrogen and oxygen atoms in total. The molecule has 0 saturated heterocycles. The third kappa shape index (κ3) is 4.05. The van der Waals surface area contributed by atoms with Gasteiger partial charge >= 0.3 is 0 Å². The van der Waals surface area contributed by atoms with E-state index < -0.39 is 0 Å². The van der Waals surface area contributed by atoms with Crippen LogP contribution in [0.25, 0.3) is 0 Å². The first-order chi connectivity index (χ1) is 9.60. The Kier molecular flexibility index (Phi) is 5.58. The maximum atomic E-state index is 6.45. The number of nitrogens with zero attached hydrogens (tertiary/aromatic N) is 3. The minimum absolute atomic E-state index is 0.239. The van der Waals surface area contributed by atoms with Crippen molar-refractivity contribution in [2.24, 2.45) is 23.5 Å². The highest BCUT2D eigenvalue weighted by Crippen LogP contribution is 2.32. The van der Waals surface area contributed by atoms with Crippen LogP contribution in [-0.2, 0) is 13.0 Å². The van der Waals surface area contributed by atoms with Crippen molar-refractivity contribution in [3.8, 4) is 0 Å². The van der Waals surface area contributed by atoms with Gasteiger partial charge in [-0.15, -0.1) is 0 Å². The van der Waals surface area contributed by atoms with Crippen LogP contribution in [0.5, 0.6) is 0 Å². The van der Waals surface area contributed by atoms with Crippen molar-refractivity contribution in [3.05, 3.63) is 12.2 Å². The van der Waals surface area contributed by atoms with Gasteiger partial charge in [0.15, 0.2) is 0 Å². The summed E-state index contributed by atoms with van der Waals surface area (Å²) in [5.41, 5.74) is 6.45. The standard InChI is InChI=1S/C16H30N4/c1-4-13-5-7-14(8-6-13)15(17)9-16-18-11-19-20(16)10-12(2)3/h11-15H,4-10,17H2,1-3H3. The maximum Gasteiger partial charge on any atom is 0.138 e. The summed E-state index contributed by atoms with van der Waals surface area (Å²) in [5.74, 6) is 3.25. The van der Waals surface area contributed by atoms with Crippen LogP contribution in [0, 0.1) is 17.8 Å². The monoisotopic (exact) mass is 278 g/mol. The lowest BCUT2D eigenvalue weighted by atomic mass is 9.77. The van der Waals surface area contributed by atoms with Crippen LogP contribution in [0.15, 0.2) is 6.33 Å². The van der Waals surface area contributed by atoms with Gasteiger partial charge in [0, 0.05) is 19.0 Å². The summed E-state index contributed by atoms with van der Waals surface area (Å²) in [6.45, 7) is 7.65. The Hall–Kier alpha value is -0.900. The topological polar surface area (TPSA) is 56.7 Å². The van der Waals surface area contributed by atoms with Crippen LogP contribution >= 0.6 is 0 Å². The number of aromatic nitrogens is 3. The number of hydrogen-bond acceptors (Lipinski definition) is 3. The minimum Gasteiger partial charge on any atom is -0.327 e. The van der Waals surface area contributed by atoms with Crippen LogP contribution < -0.4 is 5.73 Å². The highest BCUT2D eigenvalue weighted by atomic mass is 15.3. The molecule has 1 unspecified atom stereocenters. The molecule has 0 amide bonds.